The predicted octanol–water partition coefficient (Wildman–Crippen LogP) is 1.97. The molecule has 0 aromatic heterocycles. The Morgan fingerprint density at radius 1 is 1.53 bits per heavy atom. The van der Waals surface area contributed by atoms with Crippen LogP contribution >= 0.6 is 0 Å². The average molecular weight is 238 g/mol. The molecule has 0 spiro atoms. The number of nitro groups is 1. The first-order valence-corrected chi connectivity index (χ1v) is 5.30. The van der Waals surface area contributed by atoms with E-state index < -0.39 is 4.92 Å². The summed E-state index contributed by atoms with van der Waals surface area (Å²) in [6, 6.07) is 6.37. The first kappa shape index (κ1) is 11.8. The molecule has 0 unspecified atom stereocenters. The lowest BCUT2D eigenvalue weighted by Gasteiger charge is -2.37. The molecule has 6 nitrogen and oxygen atoms in total. The van der Waals surface area contributed by atoms with Gasteiger partial charge in [-0.05, 0) is 6.07 Å². The van der Waals surface area contributed by atoms with E-state index in [-0.39, 0.29) is 11.1 Å². The maximum Gasteiger partial charge on any atom is 0.294 e. The van der Waals surface area contributed by atoms with Crippen LogP contribution in [-0.4, -0.2) is 24.7 Å². The molecule has 0 saturated carbocycles. The highest BCUT2D eigenvalue weighted by molar-refractivity contribution is 5.59. The van der Waals surface area contributed by atoms with Gasteiger partial charge in [0.05, 0.1) is 24.7 Å². The lowest BCUT2D eigenvalue weighted by atomic mass is 9.90. The van der Waals surface area contributed by atoms with Crippen LogP contribution in [0.3, 0.4) is 0 Å². The van der Waals surface area contributed by atoms with Gasteiger partial charge >= 0.3 is 0 Å². The lowest BCUT2D eigenvalue weighted by molar-refractivity contribution is -0.384. The van der Waals surface area contributed by atoms with Gasteiger partial charge in [0.25, 0.3) is 5.69 Å². The van der Waals surface area contributed by atoms with Crippen LogP contribution in [-0.2, 0) is 9.57 Å². The third-order valence-electron chi connectivity index (χ3n) is 2.60. The summed E-state index contributed by atoms with van der Waals surface area (Å²) in [6.07, 6.45) is 0. The molecule has 1 aromatic rings. The summed E-state index contributed by atoms with van der Waals surface area (Å²) < 4.78 is 5.09. The summed E-state index contributed by atoms with van der Waals surface area (Å²) in [7, 11) is 0. The smallest absolute Gasteiger partial charge is 0.294 e. The zero-order valence-electron chi connectivity index (χ0n) is 9.51. The largest absolute Gasteiger partial charge is 0.380 e. The normalized spacial score (nSPS) is 17.2. The quantitative estimate of drug-likeness (QED) is 0.627. The van der Waals surface area contributed by atoms with E-state index >= 15 is 0 Å². The lowest BCUT2D eigenvalue weighted by Crippen LogP contribution is -2.44. The highest BCUT2D eigenvalue weighted by Gasteiger charge is 2.34. The minimum absolute atomic E-state index is 0.00233. The molecular weight excluding hydrogens is 224 g/mol. The Morgan fingerprint density at radius 3 is 2.82 bits per heavy atom. The fraction of sp³-hybridized carbons (Fsp3) is 0.455. The Bertz CT molecular complexity index is 418. The fourth-order valence-corrected chi connectivity index (χ4v) is 1.54. The van der Waals surface area contributed by atoms with Crippen LogP contribution in [0.5, 0.6) is 0 Å². The summed E-state index contributed by atoms with van der Waals surface area (Å²) in [5.74, 6) is 0. The average Bonchev–Trinajstić information content (AvgIpc) is 2.27. The number of anilines is 1. The van der Waals surface area contributed by atoms with Gasteiger partial charge in [-0.2, -0.15) is 0 Å². The van der Waals surface area contributed by atoms with Crippen molar-refractivity contribution < 1.29 is 14.5 Å². The van der Waals surface area contributed by atoms with Crippen LogP contribution in [0.2, 0.25) is 0 Å². The molecule has 2 rings (SSSR count). The highest BCUT2D eigenvalue weighted by atomic mass is 16.7. The van der Waals surface area contributed by atoms with Gasteiger partial charge in [-0.3, -0.25) is 20.4 Å². The predicted molar refractivity (Wildman–Crippen MR) is 61.6 cm³/mol. The van der Waals surface area contributed by atoms with Crippen molar-refractivity contribution in [1.82, 2.24) is 0 Å². The number of rotatable bonds is 5. The number of nitrogens with zero attached hydrogens (tertiary/aromatic N) is 1. The molecule has 0 amide bonds. The van der Waals surface area contributed by atoms with Crippen LogP contribution in [0.15, 0.2) is 24.3 Å². The minimum Gasteiger partial charge on any atom is -0.380 e. The van der Waals surface area contributed by atoms with Crippen molar-refractivity contribution in [3.05, 3.63) is 34.4 Å². The molecular formula is C11H14N2O4. The summed E-state index contributed by atoms with van der Waals surface area (Å²) in [6.45, 7) is 3.81. The Balaban J connectivity index is 1.92. The van der Waals surface area contributed by atoms with E-state index in [2.05, 4.69) is 5.48 Å². The second-order valence-electron chi connectivity index (χ2n) is 4.47. The van der Waals surface area contributed by atoms with E-state index in [4.69, 9.17) is 9.57 Å². The van der Waals surface area contributed by atoms with Crippen molar-refractivity contribution in [1.29, 1.82) is 0 Å². The number of hydrogen-bond donors (Lipinski definition) is 1. The third-order valence-corrected chi connectivity index (χ3v) is 2.60. The zero-order chi connectivity index (χ0) is 12.3. The van der Waals surface area contributed by atoms with E-state index in [9.17, 15) is 10.1 Å². The third kappa shape index (κ3) is 2.72. The molecule has 6 heteroatoms. The molecule has 0 radical (unpaired) electrons. The van der Waals surface area contributed by atoms with Gasteiger partial charge < -0.3 is 4.74 Å². The standard InChI is InChI=1S/C11H14N2O4/c1-11(6-16-7-11)8-17-12-9-4-2-3-5-10(9)13(14)15/h2-5,12H,6-8H2,1H3. The second-order valence-corrected chi connectivity index (χ2v) is 4.47. The Kier molecular flexibility index (Phi) is 3.26. The molecule has 0 aliphatic carbocycles. The maximum absolute atomic E-state index is 10.7. The van der Waals surface area contributed by atoms with Crippen molar-refractivity contribution in [2.45, 2.75) is 6.92 Å². The second kappa shape index (κ2) is 4.68. The Morgan fingerprint density at radius 2 is 2.24 bits per heavy atom. The number of ether oxygens (including phenoxy) is 1. The first-order valence-electron chi connectivity index (χ1n) is 5.30. The number of nitro benzene ring substituents is 1. The Labute approximate surface area is 98.6 Å². The minimum atomic E-state index is -0.445. The number of hydrogen-bond acceptors (Lipinski definition) is 5. The molecule has 92 valence electrons. The summed E-state index contributed by atoms with van der Waals surface area (Å²) in [5, 5.41) is 10.7. The van der Waals surface area contributed by atoms with E-state index in [1.54, 1.807) is 18.2 Å². The molecule has 0 bridgehead atoms. The zero-order valence-corrected chi connectivity index (χ0v) is 9.51. The molecule has 1 aliphatic heterocycles. The van der Waals surface area contributed by atoms with Crippen LogP contribution in [0.1, 0.15) is 6.92 Å². The molecule has 1 aliphatic rings. The van der Waals surface area contributed by atoms with E-state index in [1.807, 2.05) is 6.92 Å². The van der Waals surface area contributed by atoms with Gasteiger partial charge in [-0.15, -0.1) is 0 Å². The fourth-order valence-electron chi connectivity index (χ4n) is 1.54. The number of para-hydroxylation sites is 2. The van der Waals surface area contributed by atoms with Gasteiger partial charge in [0.15, 0.2) is 0 Å². The van der Waals surface area contributed by atoms with Crippen molar-refractivity contribution in [2.75, 3.05) is 25.3 Å². The van der Waals surface area contributed by atoms with Gasteiger partial charge in [0.1, 0.15) is 5.69 Å². The summed E-state index contributed by atoms with van der Waals surface area (Å²) in [5.41, 5.74) is 3.00. The SMILES string of the molecule is CC1(CONc2ccccc2[N+](=O)[O-])COC1. The van der Waals surface area contributed by atoms with Gasteiger partial charge in [-0.1, -0.05) is 19.1 Å². The summed E-state index contributed by atoms with van der Waals surface area (Å²) in [4.78, 5) is 15.6. The Hall–Kier alpha value is -1.66. The van der Waals surface area contributed by atoms with Crippen molar-refractivity contribution in [3.63, 3.8) is 0 Å². The molecule has 1 fully saturated rings. The molecule has 1 N–H and O–H groups in total. The van der Waals surface area contributed by atoms with Crippen molar-refractivity contribution in [3.8, 4) is 0 Å². The number of benzene rings is 1. The molecule has 1 saturated heterocycles. The number of nitrogens with one attached hydrogen (secondary N) is 1. The van der Waals surface area contributed by atoms with Crippen molar-refractivity contribution >= 4 is 11.4 Å². The van der Waals surface area contributed by atoms with Crippen LogP contribution < -0.4 is 5.48 Å². The van der Waals surface area contributed by atoms with Crippen LogP contribution in [0, 0.1) is 15.5 Å². The van der Waals surface area contributed by atoms with Crippen molar-refractivity contribution in [2.24, 2.45) is 5.41 Å². The highest BCUT2D eigenvalue weighted by Crippen LogP contribution is 2.28. The first-order chi connectivity index (χ1) is 8.11. The van der Waals surface area contributed by atoms with E-state index in [1.165, 1.54) is 6.07 Å². The monoisotopic (exact) mass is 238 g/mol. The molecule has 1 heterocycles. The van der Waals surface area contributed by atoms with Crippen LogP contribution in [0.25, 0.3) is 0 Å². The maximum atomic E-state index is 10.7. The van der Waals surface area contributed by atoms with Gasteiger partial charge in [0, 0.05) is 11.5 Å². The van der Waals surface area contributed by atoms with Crippen LogP contribution in [0.4, 0.5) is 11.4 Å². The summed E-state index contributed by atoms with van der Waals surface area (Å²) >= 11 is 0. The molecule has 0 atom stereocenters. The van der Waals surface area contributed by atoms with Gasteiger partial charge in [0.2, 0.25) is 0 Å². The topological polar surface area (TPSA) is 73.6 Å². The molecule has 17 heavy (non-hydrogen) atoms. The van der Waals surface area contributed by atoms with Gasteiger partial charge in [-0.25, -0.2) is 0 Å². The van der Waals surface area contributed by atoms with E-state index in [0.29, 0.717) is 25.5 Å². The van der Waals surface area contributed by atoms with E-state index in [0.717, 1.165) is 0 Å². The molecule has 1 aromatic carbocycles.